The fourth-order valence-corrected chi connectivity index (χ4v) is 1.60. The Balaban J connectivity index is 0.00000169. The van der Waals surface area contributed by atoms with Gasteiger partial charge < -0.3 is 6.92 Å². The van der Waals surface area contributed by atoms with Crippen LogP contribution in [0.5, 0.6) is 0 Å². The molecule has 0 amide bonds. The van der Waals surface area contributed by atoms with Crippen molar-refractivity contribution in [2.45, 2.75) is 39.0 Å². The molecule has 0 saturated heterocycles. The number of rotatable bonds is 5. The summed E-state index contributed by atoms with van der Waals surface area (Å²) < 4.78 is 0. The zero-order chi connectivity index (χ0) is 9.52. The first kappa shape index (κ1) is 13.9. The van der Waals surface area contributed by atoms with Gasteiger partial charge in [0.2, 0.25) is 0 Å². The summed E-state index contributed by atoms with van der Waals surface area (Å²) in [6.07, 6.45) is 5.93. The molecule has 1 aromatic rings. The van der Waals surface area contributed by atoms with E-state index in [1.165, 1.54) is 30.4 Å². The first-order valence-corrected chi connectivity index (χ1v) is 5.24. The van der Waals surface area contributed by atoms with Gasteiger partial charge in [0.25, 0.3) is 0 Å². The third-order valence-electron chi connectivity index (χ3n) is 2.36. The second-order valence-electron chi connectivity index (χ2n) is 3.48. The third-order valence-corrected chi connectivity index (χ3v) is 2.36. The molecule has 0 N–H and O–H groups in total. The van der Waals surface area contributed by atoms with Crippen molar-refractivity contribution in [2.24, 2.45) is 0 Å². The molecule has 78 valence electrons. The van der Waals surface area contributed by atoms with E-state index in [-0.39, 0.29) is 21.1 Å². The van der Waals surface area contributed by atoms with Crippen molar-refractivity contribution in [1.82, 2.24) is 0 Å². The van der Waals surface area contributed by atoms with Crippen LogP contribution in [0, 0.1) is 6.92 Å². The molecule has 0 heterocycles. The molecule has 0 spiro atoms. The SMILES string of the molecule is [CH2-]CCc1ccccc1CCCC.[W]. The molecule has 0 fully saturated rings. The number of hydrogen-bond acceptors (Lipinski definition) is 0. The summed E-state index contributed by atoms with van der Waals surface area (Å²) >= 11 is 0. The Morgan fingerprint density at radius 3 is 2.14 bits per heavy atom. The van der Waals surface area contributed by atoms with Gasteiger partial charge in [0.1, 0.15) is 0 Å². The molecule has 0 aliphatic heterocycles. The number of hydrogen-bond donors (Lipinski definition) is 0. The summed E-state index contributed by atoms with van der Waals surface area (Å²) in [5.74, 6) is 0. The van der Waals surface area contributed by atoms with E-state index in [0.29, 0.717) is 0 Å². The van der Waals surface area contributed by atoms with Crippen LogP contribution < -0.4 is 0 Å². The molecule has 14 heavy (non-hydrogen) atoms. The first-order chi connectivity index (χ1) is 6.38. The molecule has 1 aromatic carbocycles. The molecule has 0 radical (unpaired) electrons. The van der Waals surface area contributed by atoms with Crippen molar-refractivity contribution >= 4 is 0 Å². The van der Waals surface area contributed by atoms with Gasteiger partial charge in [-0.1, -0.05) is 44.0 Å². The zero-order valence-electron chi connectivity index (χ0n) is 8.96. The van der Waals surface area contributed by atoms with Crippen LogP contribution in [0.4, 0.5) is 0 Å². The van der Waals surface area contributed by atoms with Crippen LogP contribution in [0.3, 0.4) is 0 Å². The van der Waals surface area contributed by atoms with Gasteiger partial charge in [-0.15, -0.1) is 0 Å². The minimum Gasteiger partial charge on any atom is -0.343 e. The quantitative estimate of drug-likeness (QED) is 0.702. The summed E-state index contributed by atoms with van der Waals surface area (Å²) in [6, 6.07) is 8.74. The fourth-order valence-electron chi connectivity index (χ4n) is 1.60. The minimum absolute atomic E-state index is 0. The monoisotopic (exact) mass is 359 g/mol. The smallest absolute Gasteiger partial charge is 0 e. The molecular formula is C13H19W-. The predicted octanol–water partition coefficient (Wildman–Crippen LogP) is 3.79. The Kier molecular flexibility index (Phi) is 8.18. The number of unbranched alkanes of at least 4 members (excludes halogenated alkanes) is 1. The van der Waals surface area contributed by atoms with Gasteiger partial charge in [-0.05, 0) is 24.0 Å². The second kappa shape index (κ2) is 8.24. The standard InChI is InChI=1S/C13H19.W/c1-3-5-9-13-11-7-6-10-12(13)8-4-2;/h6-7,10-11H,2-5,8-9H2,1H3;/q-1;. The predicted molar refractivity (Wildman–Crippen MR) is 58.7 cm³/mol. The van der Waals surface area contributed by atoms with E-state index in [1.54, 1.807) is 0 Å². The molecule has 1 rings (SSSR count). The number of aryl methyl sites for hydroxylation is 2. The molecule has 0 nitrogen and oxygen atoms in total. The van der Waals surface area contributed by atoms with Gasteiger partial charge in [0.15, 0.2) is 0 Å². The van der Waals surface area contributed by atoms with Crippen molar-refractivity contribution in [3.63, 3.8) is 0 Å². The maximum atomic E-state index is 3.90. The van der Waals surface area contributed by atoms with E-state index in [9.17, 15) is 0 Å². The molecular weight excluding hydrogens is 340 g/mol. The first-order valence-electron chi connectivity index (χ1n) is 5.24. The van der Waals surface area contributed by atoms with Crippen molar-refractivity contribution < 1.29 is 21.1 Å². The maximum Gasteiger partial charge on any atom is 0 e. The van der Waals surface area contributed by atoms with E-state index in [4.69, 9.17) is 0 Å². The van der Waals surface area contributed by atoms with Gasteiger partial charge >= 0.3 is 0 Å². The van der Waals surface area contributed by atoms with Crippen molar-refractivity contribution in [1.29, 1.82) is 0 Å². The average Bonchev–Trinajstić information content (AvgIpc) is 2.17. The zero-order valence-corrected chi connectivity index (χ0v) is 11.9. The van der Waals surface area contributed by atoms with E-state index in [1.807, 2.05) is 0 Å². The summed E-state index contributed by atoms with van der Waals surface area (Å²) in [5, 5.41) is 0. The molecule has 0 aliphatic carbocycles. The summed E-state index contributed by atoms with van der Waals surface area (Å²) in [4.78, 5) is 0. The van der Waals surface area contributed by atoms with Gasteiger partial charge in [0.05, 0.1) is 0 Å². The minimum atomic E-state index is 0. The summed E-state index contributed by atoms with van der Waals surface area (Å²) in [7, 11) is 0. The van der Waals surface area contributed by atoms with Gasteiger partial charge in [-0.3, -0.25) is 0 Å². The van der Waals surface area contributed by atoms with E-state index >= 15 is 0 Å². The van der Waals surface area contributed by atoms with Crippen LogP contribution >= 0.6 is 0 Å². The molecule has 0 unspecified atom stereocenters. The normalized spacial score (nSPS) is 9.57. The third kappa shape index (κ3) is 4.42. The molecule has 0 atom stereocenters. The average molecular weight is 359 g/mol. The van der Waals surface area contributed by atoms with Crippen molar-refractivity contribution in [3.8, 4) is 0 Å². The fraction of sp³-hybridized carbons (Fsp3) is 0.462. The van der Waals surface area contributed by atoms with Crippen LogP contribution in [0.15, 0.2) is 24.3 Å². The Morgan fingerprint density at radius 2 is 1.64 bits per heavy atom. The Morgan fingerprint density at radius 1 is 1.07 bits per heavy atom. The van der Waals surface area contributed by atoms with E-state index in [2.05, 4.69) is 38.1 Å². The van der Waals surface area contributed by atoms with E-state index in [0.717, 1.165) is 12.8 Å². The number of benzene rings is 1. The van der Waals surface area contributed by atoms with E-state index < -0.39 is 0 Å². The Hall–Kier alpha value is -0.0917. The molecule has 0 bridgehead atoms. The van der Waals surface area contributed by atoms with Gasteiger partial charge in [-0.2, -0.15) is 6.42 Å². The van der Waals surface area contributed by atoms with Crippen molar-refractivity contribution in [3.05, 3.63) is 42.3 Å². The van der Waals surface area contributed by atoms with Gasteiger partial charge in [0, 0.05) is 21.1 Å². The van der Waals surface area contributed by atoms with Crippen LogP contribution in [-0.4, -0.2) is 0 Å². The Bertz CT molecular complexity index is 243. The summed E-state index contributed by atoms with van der Waals surface area (Å²) in [6.45, 7) is 6.14. The van der Waals surface area contributed by atoms with Crippen LogP contribution in [0.2, 0.25) is 0 Å². The largest absolute Gasteiger partial charge is 0.343 e. The molecule has 0 aromatic heterocycles. The second-order valence-corrected chi connectivity index (χ2v) is 3.48. The summed E-state index contributed by atoms with van der Waals surface area (Å²) in [5.41, 5.74) is 3.01. The maximum absolute atomic E-state index is 3.90. The van der Waals surface area contributed by atoms with Crippen LogP contribution in [-0.2, 0) is 33.9 Å². The van der Waals surface area contributed by atoms with Crippen LogP contribution in [0.25, 0.3) is 0 Å². The topological polar surface area (TPSA) is 0 Å². The molecule has 1 heteroatoms. The van der Waals surface area contributed by atoms with Crippen molar-refractivity contribution in [2.75, 3.05) is 0 Å². The van der Waals surface area contributed by atoms with Gasteiger partial charge in [-0.25, -0.2) is 0 Å². The Labute approximate surface area is 102 Å². The molecule has 0 aliphatic rings. The molecule has 0 saturated carbocycles. The van der Waals surface area contributed by atoms with Crippen LogP contribution in [0.1, 0.15) is 37.3 Å².